The fraction of sp³-hybridized carbons (Fsp3) is 0.217. The highest BCUT2D eigenvalue weighted by atomic mass is 32.1. The average molecular weight is 448 g/mol. The maximum Gasteiger partial charge on any atom is 0.325 e. The van der Waals surface area contributed by atoms with Crippen molar-refractivity contribution < 1.29 is 14.4 Å². The van der Waals surface area contributed by atoms with Crippen molar-refractivity contribution in [3.05, 3.63) is 65.3 Å². The van der Waals surface area contributed by atoms with E-state index in [1.54, 1.807) is 7.05 Å². The first-order chi connectivity index (χ1) is 15.5. The normalized spacial score (nSPS) is 16.2. The van der Waals surface area contributed by atoms with Crippen LogP contribution in [0.25, 0.3) is 21.1 Å². The van der Waals surface area contributed by atoms with E-state index in [0.717, 1.165) is 36.6 Å². The van der Waals surface area contributed by atoms with Crippen molar-refractivity contribution in [1.82, 2.24) is 25.1 Å². The minimum Gasteiger partial charge on any atom is -0.361 e. The van der Waals surface area contributed by atoms with Crippen LogP contribution in [0.15, 0.2) is 54.7 Å². The second-order valence-electron chi connectivity index (χ2n) is 7.82. The number of likely N-dealkylation sites (N-methyl/N-ethyl adjacent to an activating group) is 1. The second-order valence-corrected chi connectivity index (χ2v) is 8.93. The lowest BCUT2D eigenvalue weighted by atomic mass is 10.1. The summed E-state index contributed by atoms with van der Waals surface area (Å²) in [6.07, 6.45) is 2.21. The van der Waals surface area contributed by atoms with Gasteiger partial charge in [0.05, 0.1) is 16.8 Å². The Hall–Kier alpha value is -3.72. The van der Waals surface area contributed by atoms with Gasteiger partial charge in [-0.05, 0) is 23.8 Å². The Kier molecular flexibility index (Phi) is 5.10. The number of aromatic nitrogens is 2. The van der Waals surface area contributed by atoms with Crippen LogP contribution in [-0.2, 0) is 22.6 Å². The Morgan fingerprint density at radius 2 is 1.94 bits per heavy atom. The van der Waals surface area contributed by atoms with Gasteiger partial charge in [0.25, 0.3) is 5.91 Å². The van der Waals surface area contributed by atoms with Crippen molar-refractivity contribution in [1.29, 1.82) is 0 Å². The number of fused-ring (bicyclic) bond motifs is 2. The molecule has 32 heavy (non-hydrogen) atoms. The van der Waals surface area contributed by atoms with E-state index >= 15 is 0 Å². The van der Waals surface area contributed by atoms with Crippen LogP contribution in [0, 0.1) is 0 Å². The highest BCUT2D eigenvalue weighted by Crippen LogP contribution is 2.23. The smallest absolute Gasteiger partial charge is 0.325 e. The lowest BCUT2D eigenvalue weighted by Crippen LogP contribution is -2.41. The standard InChI is InChI=1S/C23H21N5O3S/c1-27(12-20-25-17-8-4-5-9-19(17)32-20)21(29)13-28-22(30)18(26-23(28)31)10-14-11-24-16-7-3-2-6-15(14)16/h2-9,11,18,24H,10,12-13H2,1H3,(H,26,31)/t18-/m0/s1. The van der Waals surface area contributed by atoms with Crippen molar-refractivity contribution in [2.75, 3.05) is 13.6 Å². The van der Waals surface area contributed by atoms with Crippen LogP contribution in [-0.4, -0.2) is 57.2 Å². The minimum absolute atomic E-state index is 0.295. The summed E-state index contributed by atoms with van der Waals surface area (Å²) in [5.74, 6) is -0.706. The van der Waals surface area contributed by atoms with E-state index in [1.807, 2.05) is 54.7 Å². The average Bonchev–Trinajstić information content (AvgIpc) is 3.46. The van der Waals surface area contributed by atoms with Gasteiger partial charge in [-0.25, -0.2) is 9.78 Å². The summed E-state index contributed by atoms with van der Waals surface area (Å²) in [6, 6.07) is 14.3. The zero-order chi connectivity index (χ0) is 22.2. The number of hydrogen-bond acceptors (Lipinski definition) is 5. The number of aromatic amines is 1. The fourth-order valence-corrected chi connectivity index (χ4v) is 4.94. The largest absolute Gasteiger partial charge is 0.361 e. The molecule has 4 aromatic rings. The van der Waals surface area contributed by atoms with Crippen LogP contribution in [0.5, 0.6) is 0 Å². The van der Waals surface area contributed by atoms with Gasteiger partial charge in [0.2, 0.25) is 5.91 Å². The zero-order valence-electron chi connectivity index (χ0n) is 17.4. The van der Waals surface area contributed by atoms with Gasteiger partial charge in [0.1, 0.15) is 17.6 Å². The fourth-order valence-electron chi connectivity index (χ4n) is 3.92. The third-order valence-corrected chi connectivity index (χ3v) is 6.66. The molecule has 3 heterocycles. The Bertz CT molecular complexity index is 1310. The van der Waals surface area contributed by atoms with Crippen LogP contribution < -0.4 is 5.32 Å². The first-order valence-corrected chi connectivity index (χ1v) is 11.1. The van der Waals surface area contributed by atoms with Gasteiger partial charge < -0.3 is 15.2 Å². The minimum atomic E-state index is -0.691. The maximum atomic E-state index is 12.9. The van der Waals surface area contributed by atoms with Gasteiger partial charge >= 0.3 is 6.03 Å². The molecule has 1 saturated heterocycles. The number of nitrogens with zero attached hydrogens (tertiary/aromatic N) is 3. The van der Waals surface area contributed by atoms with Crippen LogP contribution >= 0.6 is 11.3 Å². The summed E-state index contributed by atoms with van der Waals surface area (Å²) in [6.45, 7) is 0.0248. The predicted molar refractivity (Wildman–Crippen MR) is 122 cm³/mol. The first kappa shape index (κ1) is 20.2. The molecular formula is C23H21N5O3S. The van der Waals surface area contributed by atoms with Gasteiger partial charge in [-0.2, -0.15) is 0 Å². The number of urea groups is 1. The number of carbonyl (C=O) groups is 3. The van der Waals surface area contributed by atoms with Crippen molar-refractivity contribution >= 4 is 50.3 Å². The highest BCUT2D eigenvalue weighted by Gasteiger charge is 2.39. The number of nitrogens with one attached hydrogen (secondary N) is 2. The molecule has 0 radical (unpaired) electrons. The van der Waals surface area contributed by atoms with E-state index in [1.165, 1.54) is 16.2 Å². The van der Waals surface area contributed by atoms with Gasteiger partial charge in [-0.1, -0.05) is 30.3 Å². The molecule has 2 aromatic carbocycles. The number of amides is 4. The zero-order valence-corrected chi connectivity index (χ0v) is 18.2. The van der Waals surface area contributed by atoms with Crippen molar-refractivity contribution in [2.45, 2.75) is 19.0 Å². The molecule has 1 atom stereocenters. The van der Waals surface area contributed by atoms with E-state index in [4.69, 9.17) is 0 Å². The molecule has 1 aliphatic rings. The number of hydrogen-bond donors (Lipinski definition) is 2. The SMILES string of the molecule is CN(Cc1nc2ccccc2s1)C(=O)CN1C(=O)N[C@@H](Cc2c[nH]c3ccccc23)C1=O. The summed E-state index contributed by atoms with van der Waals surface area (Å²) in [5.41, 5.74) is 2.81. The number of carbonyl (C=O) groups excluding carboxylic acids is 3. The summed E-state index contributed by atoms with van der Waals surface area (Å²) in [4.78, 5) is 48.2. The number of thiazole rings is 1. The summed E-state index contributed by atoms with van der Waals surface area (Å²) in [7, 11) is 1.65. The maximum absolute atomic E-state index is 12.9. The molecule has 0 bridgehead atoms. The molecular weight excluding hydrogens is 426 g/mol. The predicted octanol–water partition coefficient (Wildman–Crippen LogP) is 2.90. The van der Waals surface area contributed by atoms with Crippen LogP contribution in [0.3, 0.4) is 0 Å². The van der Waals surface area contributed by atoms with Gasteiger partial charge in [0.15, 0.2) is 0 Å². The van der Waals surface area contributed by atoms with Crippen LogP contribution in [0.2, 0.25) is 0 Å². The summed E-state index contributed by atoms with van der Waals surface area (Å²) >= 11 is 1.52. The molecule has 0 saturated carbocycles. The molecule has 0 spiro atoms. The van der Waals surface area contributed by atoms with E-state index in [2.05, 4.69) is 15.3 Å². The molecule has 4 amide bonds. The quantitative estimate of drug-likeness (QED) is 0.444. The Morgan fingerprint density at radius 1 is 1.16 bits per heavy atom. The third-order valence-electron chi connectivity index (χ3n) is 5.64. The molecule has 2 aromatic heterocycles. The van der Waals surface area contributed by atoms with Crippen LogP contribution in [0.1, 0.15) is 10.6 Å². The van der Waals surface area contributed by atoms with E-state index in [0.29, 0.717) is 13.0 Å². The number of imide groups is 1. The van der Waals surface area contributed by atoms with Crippen molar-refractivity contribution in [2.24, 2.45) is 0 Å². The third kappa shape index (κ3) is 3.71. The van der Waals surface area contributed by atoms with Crippen molar-refractivity contribution in [3.8, 4) is 0 Å². The van der Waals surface area contributed by atoms with E-state index in [9.17, 15) is 14.4 Å². The molecule has 8 nitrogen and oxygen atoms in total. The van der Waals surface area contributed by atoms with Gasteiger partial charge in [-0.15, -0.1) is 11.3 Å². The molecule has 1 fully saturated rings. The second kappa shape index (κ2) is 8.08. The lowest BCUT2D eigenvalue weighted by molar-refractivity contribution is -0.136. The van der Waals surface area contributed by atoms with Crippen molar-refractivity contribution in [3.63, 3.8) is 0 Å². The van der Waals surface area contributed by atoms with Gasteiger partial charge in [-0.3, -0.25) is 14.5 Å². The molecule has 9 heteroatoms. The molecule has 162 valence electrons. The molecule has 0 aliphatic carbocycles. The highest BCUT2D eigenvalue weighted by molar-refractivity contribution is 7.18. The molecule has 2 N–H and O–H groups in total. The summed E-state index contributed by atoms with van der Waals surface area (Å²) in [5, 5.41) is 4.53. The Balaban J connectivity index is 1.24. The first-order valence-electron chi connectivity index (χ1n) is 10.2. The summed E-state index contributed by atoms with van der Waals surface area (Å²) < 4.78 is 1.05. The monoisotopic (exact) mass is 447 g/mol. The van der Waals surface area contributed by atoms with Gasteiger partial charge in [0, 0.05) is 30.6 Å². The lowest BCUT2D eigenvalue weighted by Gasteiger charge is -2.19. The number of para-hydroxylation sites is 2. The molecule has 5 rings (SSSR count). The Labute approximate surface area is 187 Å². The van der Waals surface area contributed by atoms with E-state index < -0.39 is 12.1 Å². The number of H-pyrrole nitrogens is 1. The molecule has 1 aliphatic heterocycles. The Morgan fingerprint density at radius 3 is 2.78 bits per heavy atom. The topological polar surface area (TPSA) is 98.4 Å². The number of benzene rings is 2. The van der Waals surface area contributed by atoms with Crippen LogP contribution in [0.4, 0.5) is 4.79 Å². The number of rotatable bonds is 6. The molecule has 0 unspecified atom stereocenters. The van der Waals surface area contributed by atoms with E-state index in [-0.39, 0.29) is 18.4 Å².